The molecule has 1 aromatic heterocycles. The standard InChI is InChI=1S/C15H11NO2S2/c17-13-7-12-9-3-1-2-4-10(9)14(18)16(12)8-20-15-11(13)5-6-19-15/h1-6,12H,7-8H2. The summed E-state index contributed by atoms with van der Waals surface area (Å²) in [6.07, 6.45) is 0.382. The molecule has 3 heterocycles. The minimum Gasteiger partial charge on any atom is -0.321 e. The molecule has 2 aromatic rings. The van der Waals surface area contributed by atoms with Crippen LogP contribution in [0.4, 0.5) is 0 Å². The number of amides is 1. The van der Waals surface area contributed by atoms with Crippen molar-refractivity contribution in [3.63, 3.8) is 0 Å². The van der Waals surface area contributed by atoms with E-state index in [2.05, 4.69) is 0 Å². The van der Waals surface area contributed by atoms with Crippen LogP contribution in [0.15, 0.2) is 39.9 Å². The average molecular weight is 301 g/mol. The maximum Gasteiger partial charge on any atom is 0.255 e. The Morgan fingerprint density at radius 2 is 1.95 bits per heavy atom. The van der Waals surface area contributed by atoms with Gasteiger partial charge in [0.15, 0.2) is 5.78 Å². The van der Waals surface area contributed by atoms with E-state index in [0.717, 1.165) is 20.9 Å². The van der Waals surface area contributed by atoms with Crippen molar-refractivity contribution in [1.82, 2.24) is 4.90 Å². The molecule has 5 heteroatoms. The van der Waals surface area contributed by atoms with Gasteiger partial charge in [-0.1, -0.05) is 30.0 Å². The number of hydrogen-bond donors (Lipinski definition) is 0. The van der Waals surface area contributed by atoms with E-state index in [1.165, 1.54) is 0 Å². The van der Waals surface area contributed by atoms with Crippen molar-refractivity contribution < 1.29 is 9.59 Å². The zero-order chi connectivity index (χ0) is 13.7. The Kier molecular flexibility index (Phi) is 2.72. The second-order valence-corrected chi connectivity index (χ2v) is 7.03. The Balaban J connectivity index is 1.80. The maximum atomic E-state index is 12.5. The van der Waals surface area contributed by atoms with Crippen LogP contribution in [0.5, 0.6) is 0 Å². The van der Waals surface area contributed by atoms with Crippen LogP contribution in [0.3, 0.4) is 0 Å². The SMILES string of the molecule is O=C1CC2c3ccccc3C(=O)N2CSc2sccc21. The smallest absolute Gasteiger partial charge is 0.255 e. The molecule has 4 rings (SSSR count). The molecule has 20 heavy (non-hydrogen) atoms. The molecule has 2 aliphatic heterocycles. The van der Waals surface area contributed by atoms with Gasteiger partial charge in [-0.3, -0.25) is 9.59 Å². The van der Waals surface area contributed by atoms with Crippen molar-refractivity contribution in [3.8, 4) is 0 Å². The first kappa shape index (κ1) is 12.2. The summed E-state index contributed by atoms with van der Waals surface area (Å²) in [6, 6.07) is 9.42. The number of ketones is 1. The van der Waals surface area contributed by atoms with Crippen molar-refractivity contribution in [2.75, 3.05) is 5.88 Å². The fraction of sp³-hybridized carbons (Fsp3) is 0.200. The molecule has 3 nitrogen and oxygen atoms in total. The minimum atomic E-state index is -0.105. The van der Waals surface area contributed by atoms with Crippen LogP contribution in [-0.2, 0) is 0 Å². The van der Waals surface area contributed by atoms with Crippen LogP contribution in [0.2, 0.25) is 0 Å². The van der Waals surface area contributed by atoms with Gasteiger partial charge in [0.25, 0.3) is 5.91 Å². The lowest BCUT2D eigenvalue weighted by atomic mass is 9.98. The number of benzene rings is 1. The van der Waals surface area contributed by atoms with E-state index in [0.29, 0.717) is 12.3 Å². The number of rotatable bonds is 0. The van der Waals surface area contributed by atoms with Gasteiger partial charge in [0.2, 0.25) is 0 Å². The Morgan fingerprint density at radius 3 is 2.85 bits per heavy atom. The van der Waals surface area contributed by atoms with Crippen molar-refractivity contribution in [3.05, 3.63) is 52.4 Å². The number of thioether (sulfide) groups is 1. The number of carbonyl (C=O) groups is 2. The second kappa shape index (κ2) is 4.46. The largest absolute Gasteiger partial charge is 0.321 e. The van der Waals surface area contributed by atoms with Gasteiger partial charge in [0.05, 0.1) is 16.1 Å². The van der Waals surface area contributed by atoms with Gasteiger partial charge in [0, 0.05) is 17.5 Å². The lowest BCUT2D eigenvalue weighted by Crippen LogP contribution is -2.30. The van der Waals surface area contributed by atoms with E-state index in [1.807, 2.05) is 40.6 Å². The van der Waals surface area contributed by atoms with Crippen molar-refractivity contribution in [2.45, 2.75) is 16.7 Å². The number of fused-ring (bicyclic) bond motifs is 4. The number of thiophene rings is 1. The van der Waals surface area contributed by atoms with Gasteiger partial charge in [-0.2, -0.15) is 0 Å². The van der Waals surface area contributed by atoms with Crippen molar-refractivity contribution in [1.29, 1.82) is 0 Å². The van der Waals surface area contributed by atoms with Crippen LogP contribution < -0.4 is 0 Å². The summed E-state index contributed by atoms with van der Waals surface area (Å²) in [5.74, 6) is 0.790. The lowest BCUT2D eigenvalue weighted by Gasteiger charge is -2.26. The summed E-state index contributed by atoms with van der Waals surface area (Å²) in [4.78, 5) is 26.7. The molecule has 0 saturated heterocycles. The number of Topliss-reactive ketones (excluding diaryl/α,β-unsaturated/α-hetero) is 1. The Hall–Kier alpha value is -1.59. The van der Waals surface area contributed by atoms with Crippen LogP contribution in [-0.4, -0.2) is 22.5 Å². The molecule has 0 aliphatic carbocycles. The van der Waals surface area contributed by atoms with Gasteiger partial charge in [-0.15, -0.1) is 11.3 Å². The third-order valence-corrected chi connectivity index (χ3v) is 6.07. The van der Waals surface area contributed by atoms with E-state index in [9.17, 15) is 9.59 Å². The predicted octanol–water partition coefficient (Wildman–Crippen LogP) is 3.58. The first-order chi connectivity index (χ1) is 9.75. The van der Waals surface area contributed by atoms with E-state index in [4.69, 9.17) is 0 Å². The molecule has 1 unspecified atom stereocenters. The Morgan fingerprint density at radius 1 is 1.10 bits per heavy atom. The molecule has 1 atom stereocenters. The first-order valence-electron chi connectivity index (χ1n) is 6.39. The van der Waals surface area contributed by atoms with E-state index >= 15 is 0 Å². The van der Waals surface area contributed by atoms with Crippen LogP contribution in [0.1, 0.15) is 38.7 Å². The van der Waals surface area contributed by atoms with Crippen molar-refractivity contribution >= 4 is 34.8 Å². The third-order valence-electron chi connectivity index (χ3n) is 3.83. The third kappa shape index (κ3) is 1.66. The molecule has 0 N–H and O–H groups in total. The maximum absolute atomic E-state index is 12.5. The fourth-order valence-corrected chi connectivity index (χ4v) is 4.97. The monoisotopic (exact) mass is 301 g/mol. The summed E-state index contributed by atoms with van der Waals surface area (Å²) in [7, 11) is 0. The Labute approximate surface area is 124 Å². The van der Waals surface area contributed by atoms with Crippen LogP contribution in [0, 0.1) is 0 Å². The normalized spacial score (nSPS) is 21.0. The highest BCUT2D eigenvalue weighted by molar-refractivity contribution is 8.01. The molecule has 0 radical (unpaired) electrons. The highest BCUT2D eigenvalue weighted by Gasteiger charge is 2.39. The summed E-state index contributed by atoms with van der Waals surface area (Å²) in [6.45, 7) is 0. The summed E-state index contributed by atoms with van der Waals surface area (Å²) < 4.78 is 1.03. The van der Waals surface area contributed by atoms with Gasteiger partial charge in [-0.25, -0.2) is 0 Å². The fourth-order valence-electron chi connectivity index (χ4n) is 2.84. The summed E-state index contributed by atoms with van der Waals surface area (Å²) in [5.41, 5.74) is 2.55. The van der Waals surface area contributed by atoms with E-state index in [1.54, 1.807) is 23.1 Å². The topological polar surface area (TPSA) is 37.4 Å². The van der Waals surface area contributed by atoms with E-state index in [-0.39, 0.29) is 17.7 Å². The molecule has 100 valence electrons. The van der Waals surface area contributed by atoms with Gasteiger partial charge >= 0.3 is 0 Å². The van der Waals surface area contributed by atoms with Gasteiger partial charge in [-0.05, 0) is 23.1 Å². The number of nitrogens with zero attached hydrogens (tertiary/aromatic N) is 1. The molecule has 0 spiro atoms. The van der Waals surface area contributed by atoms with Gasteiger partial charge in [0.1, 0.15) is 0 Å². The first-order valence-corrected chi connectivity index (χ1v) is 8.25. The molecular weight excluding hydrogens is 290 g/mol. The van der Waals surface area contributed by atoms with Crippen molar-refractivity contribution in [2.24, 2.45) is 0 Å². The van der Waals surface area contributed by atoms with Crippen LogP contribution >= 0.6 is 23.1 Å². The summed E-state index contributed by atoms with van der Waals surface area (Å²) in [5, 5.41) is 1.95. The molecule has 2 aliphatic rings. The summed E-state index contributed by atoms with van der Waals surface area (Å²) >= 11 is 3.16. The zero-order valence-electron chi connectivity index (χ0n) is 10.5. The second-order valence-electron chi connectivity index (χ2n) is 4.90. The average Bonchev–Trinajstić information content (AvgIpc) is 3.00. The molecule has 0 fully saturated rings. The highest BCUT2D eigenvalue weighted by Crippen LogP contribution is 2.42. The number of carbonyl (C=O) groups excluding carboxylic acids is 2. The number of hydrogen-bond acceptors (Lipinski definition) is 4. The zero-order valence-corrected chi connectivity index (χ0v) is 12.2. The van der Waals surface area contributed by atoms with E-state index < -0.39 is 0 Å². The van der Waals surface area contributed by atoms with Crippen LogP contribution in [0.25, 0.3) is 0 Å². The highest BCUT2D eigenvalue weighted by atomic mass is 32.2. The minimum absolute atomic E-state index is 0.0471. The molecule has 0 saturated carbocycles. The molecule has 1 amide bonds. The van der Waals surface area contributed by atoms with Gasteiger partial charge < -0.3 is 4.90 Å². The Bertz CT molecular complexity index is 722. The predicted molar refractivity (Wildman–Crippen MR) is 79.3 cm³/mol. The quantitative estimate of drug-likeness (QED) is 0.746. The lowest BCUT2D eigenvalue weighted by molar-refractivity contribution is 0.0739. The molecule has 1 aromatic carbocycles. The molecule has 0 bridgehead atoms. The molecular formula is C15H11NO2S2.